The molecule has 0 aromatic heterocycles. The third-order valence-electron chi connectivity index (χ3n) is 1.58. The van der Waals surface area contributed by atoms with E-state index >= 15 is 0 Å². The minimum Gasteiger partial charge on any atom is -0.258 e. The van der Waals surface area contributed by atoms with Gasteiger partial charge in [0.2, 0.25) is 0 Å². The maximum atomic E-state index is 10.6. The summed E-state index contributed by atoms with van der Waals surface area (Å²) in [5.41, 5.74) is -1.52. The zero-order valence-electron chi connectivity index (χ0n) is 7.04. The summed E-state index contributed by atoms with van der Waals surface area (Å²) >= 11 is 22.0. The van der Waals surface area contributed by atoms with Crippen molar-refractivity contribution < 1.29 is 9.85 Å². The molecule has 1 rings (SSSR count). The number of nitro groups is 2. The van der Waals surface area contributed by atoms with Gasteiger partial charge in [0.05, 0.1) is 9.85 Å². The molecule has 0 aliphatic rings. The van der Waals surface area contributed by atoms with Crippen LogP contribution in [-0.2, 0) is 0 Å². The van der Waals surface area contributed by atoms with Gasteiger partial charge in [-0.25, -0.2) is 0 Å². The summed E-state index contributed by atoms with van der Waals surface area (Å²) in [6.07, 6.45) is 0. The van der Waals surface area contributed by atoms with E-state index < -0.39 is 41.3 Å². The van der Waals surface area contributed by atoms with Crippen molar-refractivity contribution in [3.05, 3.63) is 40.3 Å². The Morgan fingerprint density at radius 3 is 1.00 bits per heavy atom. The molecule has 0 bridgehead atoms. The average Bonchev–Trinajstić information content (AvgIpc) is 2.14. The van der Waals surface area contributed by atoms with Gasteiger partial charge in [-0.15, -0.1) is 0 Å². The zero-order chi connectivity index (χ0) is 12.6. The number of halogens is 4. The van der Waals surface area contributed by atoms with E-state index in [4.69, 9.17) is 46.4 Å². The normalized spacial score (nSPS) is 10.2. The molecule has 86 valence electrons. The maximum Gasteiger partial charge on any atom is 0.309 e. The molecule has 0 heterocycles. The van der Waals surface area contributed by atoms with Crippen LogP contribution in [0.15, 0.2) is 0 Å². The summed E-state index contributed by atoms with van der Waals surface area (Å²) in [7, 11) is 0. The molecule has 16 heavy (non-hydrogen) atoms. The Hall–Kier alpha value is -0.820. The van der Waals surface area contributed by atoms with E-state index in [1.54, 1.807) is 0 Å². The number of hydrogen-bond donors (Lipinski definition) is 0. The Morgan fingerprint density at radius 2 is 0.875 bits per heavy atom. The lowest BCUT2D eigenvalue weighted by Gasteiger charge is -2.04. The Labute approximate surface area is 108 Å². The van der Waals surface area contributed by atoms with E-state index in [-0.39, 0.29) is 0 Å². The summed E-state index contributed by atoms with van der Waals surface area (Å²) in [4.78, 5) is 19.3. The summed E-state index contributed by atoms with van der Waals surface area (Å²) in [5, 5.41) is 18.7. The smallest absolute Gasteiger partial charge is 0.258 e. The number of rotatable bonds is 2. The van der Waals surface area contributed by atoms with Crippen molar-refractivity contribution in [2.75, 3.05) is 0 Å². The summed E-state index contributed by atoms with van der Waals surface area (Å²) < 4.78 is 0. The van der Waals surface area contributed by atoms with Crippen LogP contribution in [0, 0.1) is 20.2 Å². The second kappa shape index (κ2) is 4.58. The number of nitrogens with zero attached hydrogens (tertiary/aromatic N) is 2. The van der Waals surface area contributed by atoms with Crippen molar-refractivity contribution in [2.24, 2.45) is 0 Å². The largest absolute Gasteiger partial charge is 0.309 e. The first kappa shape index (κ1) is 13.2. The fourth-order valence-electron chi connectivity index (χ4n) is 0.929. The third kappa shape index (κ3) is 2.01. The molecule has 0 unspecified atom stereocenters. The fraction of sp³-hybridized carbons (Fsp3) is 0. The van der Waals surface area contributed by atoms with Gasteiger partial charge in [0.25, 0.3) is 0 Å². The molecule has 0 N–H and O–H groups in total. The molecular weight excluding hydrogens is 306 g/mol. The van der Waals surface area contributed by atoms with Crippen LogP contribution in [0.3, 0.4) is 0 Å². The molecule has 10 heteroatoms. The van der Waals surface area contributed by atoms with Gasteiger partial charge in [-0.3, -0.25) is 20.2 Å². The molecule has 0 aliphatic carbocycles. The highest BCUT2D eigenvalue weighted by molar-refractivity contribution is 6.51. The lowest BCUT2D eigenvalue weighted by Crippen LogP contribution is -1.97. The maximum absolute atomic E-state index is 10.6. The van der Waals surface area contributed by atoms with Crippen molar-refractivity contribution in [2.45, 2.75) is 0 Å². The molecule has 0 saturated heterocycles. The molecule has 1 aromatic carbocycles. The lowest BCUT2D eigenvalue weighted by atomic mass is 10.3. The predicted octanol–water partition coefficient (Wildman–Crippen LogP) is 4.12. The molecule has 0 amide bonds. The summed E-state index contributed by atoms with van der Waals surface area (Å²) in [5.74, 6) is 0. The van der Waals surface area contributed by atoms with Crippen LogP contribution in [0.25, 0.3) is 0 Å². The van der Waals surface area contributed by atoms with E-state index in [9.17, 15) is 20.2 Å². The monoisotopic (exact) mass is 304 g/mol. The molecule has 0 fully saturated rings. The Balaban J connectivity index is 3.77. The first-order valence-corrected chi connectivity index (χ1v) is 4.95. The number of nitro benzene ring substituents is 2. The van der Waals surface area contributed by atoms with Gasteiger partial charge < -0.3 is 0 Å². The standard InChI is InChI=1S/C6Cl4N2O4/c7-1-2(8)6(12(15)16)4(10)3(9)5(1)11(13)14. The topological polar surface area (TPSA) is 86.3 Å². The van der Waals surface area contributed by atoms with E-state index in [1.807, 2.05) is 0 Å². The lowest BCUT2D eigenvalue weighted by molar-refractivity contribution is -0.388. The third-order valence-corrected chi connectivity index (χ3v) is 3.25. The van der Waals surface area contributed by atoms with Gasteiger partial charge in [0, 0.05) is 0 Å². The number of benzene rings is 1. The zero-order valence-corrected chi connectivity index (χ0v) is 10.1. The van der Waals surface area contributed by atoms with Gasteiger partial charge in [0.1, 0.15) is 20.1 Å². The van der Waals surface area contributed by atoms with Gasteiger partial charge in [-0.2, -0.15) is 0 Å². The molecule has 6 nitrogen and oxygen atoms in total. The van der Waals surface area contributed by atoms with Crippen molar-refractivity contribution in [3.63, 3.8) is 0 Å². The van der Waals surface area contributed by atoms with Crippen molar-refractivity contribution in [1.29, 1.82) is 0 Å². The molecular formula is C6Cl4N2O4. The Bertz CT molecular complexity index is 430. The van der Waals surface area contributed by atoms with E-state index in [2.05, 4.69) is 0 Å². The second-order valence-corrected chi connectivity index (χ2v) is 3.98. The van der Waals surface area contributed by atoms with Crippen LogP contribution in [0.1, 0.15) is 0 Å². The van der Waals surface area contributed by atoms with Gasteiger partial charge in [-0.1, -0.05) is 46.4 Å². The van der Waals surface area contributed by atoms with Crippen molar-refractivity contribution in [3.8, 4) is 0 Å². The minimum absolute atomic E-state index is 0.618. The predicted molar refractivity (Wildman–Crippen MR) is 59.8 cm³/mol. The summed E-state index contributed by atoms with van der Waals surface area (Å²) in [6.45, 7) is 0. The van der Waals surface area contributed by atoms with Crippen LogP contribution in [0.4, 0.5) is 11.4 Å². The summed E-state index contributed by atoms with van der Waals surface area (Å²) in [6, 6.07) is 0. The Morgan fingerprint density at radius 1 is 0.688 bits per heavy atom. The van der Waals surface area contributed by atoms with Gasteiger partial charge in [-0.05, 0) is 0 Å². The van der Waals surface area contributed by atoms with Gasteiger partial charge >= 0.3 is 11.4 Å². The highest BCUT2D eigenvalue weighted by atomic mass is 35.5. The first-order chi connectivity index (χ1) is 7.29. The minimum atomic E-state index is -0.924. The molecule has 1 aromatic rings. The fourth-order valence-corrected chi connectivity index (χ4v) is 2.04. The highest BCUT2D eigenvalue weighted by Gasteiger charge is 2.33. The van der Waals surface area contributed by atoms with Crippen LogP contribution >= 0.6 is 46.4 Å². The quantitative estimate of drug-likeness (QED) is 0.467. The molecule has 0 spiro atoms. The van der Waals surface area contributed by atoms with Crippen molar-refractivity contribution >= 4 is 57.8 Å². The average molecular weight is 306 g/mol. The number of hydrogen-bond acceptors (Lipinski definition) is 4. The van der Waals surface area contributed by atoms with Crippen LogP contribution < -0.4 is 0 Å². The Kier molecular flexibility index (Phi) is 3.80. The first-order valence-electron chi connectivity index (χ1n) is 3.43. The molecule has 0 aliphatic heterocycles. The van der Waals surface area contributed by atoms with E-state index in [0.717, 1.165) is 0 Å². The molecule has 0 radical (unpaired) electrons. The van der Waals surface area contributed by atoms with Crippen LogP contribution in [0.2, 0.25) is 20.1 Å². The molecule has 0 atom stereocenters. The van der Waals surface area contributed by atoms with E-state index in [1.165, 1.54) is 0 Å². The van der Waals surface area contributed by atoms with Crippen molar-refractivity contribution in [1.82, 2.24) is 0 Å². The van der Waals surface area contributed by atoms with Crippen LogP contribution in [0.5, 0.6) is 0 Å². The molecule has 0 saturated carbocycles. The van der Waals surface area contributed by atoms with Gasteiger partial charge in [0.15, 0.2) is 0 Å². The second-order valence-electron chi connectivity index (χ2n) is 2.47. The highest BCUT2D eigenvalue weighted by Crippen LogP contribution is 2.48. The SMILES string of the molecule is O=[N+]([O-])c1c(Cl)c(Cl)c([N+](=O)[O-])c(Cl)c1Cl. The van der Waals surface area contributed by atoms with E-state index in [0.29, 0.717) is 0 Å². The van der Waals surface area contributed by atoms with Crippen LogP contribution in [-0.4, -0.2) is 9.85 Å².